The fourth-order valence-electron chi connectivity index (χ4n) is 2.57. The SMILES string of the molecule is CCCn1cc(-c2cn(C)c(=O)cc2-c2ccccc2)cn1. The van der Waals surface area contributed by atoms with E-state index in [-0.39, 0.29) is 5.56 Å². The van der Waals surface area contributed by atoms with Crippen LogP contribution in [0.2, 0.25) is 0 Å². The van der Waals surface area contributed by atoms with Crippen molar-refractivity contribution in [3.8, 4) is 22.3 Å². The maximum absolute atomic E-state index is 12.0. The van der Waals surface area contributed by atoms with Crippen LogP contribution in [0.25, 0.3) is 22.3 Å². The van der Waals surface area contributed by atoms with Crippen LogP contribution in [0.4, 0.5) is 0 Å². The van der Waals surface area contributed by atoms with E-state index in [1.807, 2.05) is 53.6 Å². The maximum atomic E-state index is 12.0. The molecule has 4 heteroatoms. The van der Waals surface area contributed by atoms with Gasteiger partial charge in [0.05, 0.1) is 6.20 Å². The Labute approximate surface area is 129 Å². The quantitative estimate of drug-likeness (QED) is 0.740. The summed E-state index contributed by atoms with van der Waals surface area (Å²) < 4.78 is 3.55. The molecule has 0 aliphatic rings. The maximum Gasteiger partial charge on any atom is 0.250 e. The Morgan fingerprint density at radius 3 is 2.55 bits per heavy atom. The highest BCUT2D eigenvalue weighted by atomic mass is 16.1. The van der Waals surface area contributed by atoms with Gasteiger partial charge in [-0.2, -0.15) is 5.10 Å². The minimum atomic E-state index is -0.0106. The lowest BCUT2D eigenvalue weighted by Crippen LogP contribution is -2.15. The molecule has 112 valence electrons. The molecule has 0 spiro atoms. The van der Waals surface area contributed by atoms with Crippen molar-refractivity contribution in [1.82, 2.24) is 14.3 Å². The van der Waals surface area contributed by atoms with Gasteiger partial charge in [-0.1, -0.05) is 37.3 Å². The van der Waals surface area contributed by atoms with Crippen molar-refractivity contribution in [3.63, 3.8) is 0 Å². The molecular formula is C18H19N3O. The summed E-state index contributed by atoms with van der Waals surface area (Å²) >= 11 is 0. The van der Waals surface area contributed by atoms with Crippen molar-refractivity contribution >= 4 is 0 Å². The van der Waals surface area contributed by atoms with Crippen LogP contribution in [0.5, 0.6) is 0 Å². The topological polar surface area (TPSA) is 39.8 Å². The van der Waals surface area contributed by atoms with E-state index < -0.39 is 0 Å². The van der Waals surface area contributed by atoms with E-state index in [9.17, 15) is 4.79 Å². The fraction of sp³-hybridized carbons (Fsp3) is 0.222. The highest BCUT2D eigenvalue weighted by Crippen LogP contribution is 2.30. The number of hydrogen-bond acceptors (Lipinski definition) is 2. The zero-order valence-corrected chi connectivity index (χ0v) is 12.9. The largest absolute Gasteiger partial charge is 0.318 e. The van der Waals surface area contributed by atoms with E-state index >= 15 is 0 Å². The summed E-state index contributed by atoms with van der Waals surface area (Å²) in [4.78, 5) is 12.0. The van der Waals surface area contributed by atoms with E-state index in [0.29, 0.717) is 0 Å². The van der Waals surface area contributed by atoms with Crippen LogP contribution in [0.1, 0.15) is 13.3 Å². The Hall–Kier alpha value is -2.62. The molecule has 0 atom stereocenters. The van der Waals surface area contributed by atoms with Gasteiger partial charge in [0.2, 0.25) is 0 Å². The van der Waals surface area contributed by atoms with Gasteiger partial charge in [-0.25, -0.2) is 0 Å². The van der Waals surface area contributed by atoms with Crippen LogP contribution < -0.4 is 5.56 Å². The molecule has 0 amide bonds. The van der Waals surface area contributed by atoms with Crippen LogP contribution in [-0.4, -0.2) is 14.3 Å². The van der Waals surface area contributed by atoms with Gasteiger partial charge in [0, 0.05) is 43.2 Å². The summed E-state index contributed by atoms with van der Waals surface area (Å²) in [5, 5.41) is 4.40. The van der Waals surface area contributed by atoms with Crippen LogP contribution in [-0.2, 0) is 13.6 Å². The normalized spacial score (nSPS) is 10.8. The Morgan fingerprint density at radius 1 is 1.05 bits per heavy atom. The van der Waals surface area contributed by atoms with Crippen molar-refractivity contribution in [2.24, 2.45) is 7.05 Å². The molecule has 0 fully saturated rings. The second kappa shape index (κ2) is 6.02. The Balaban J connectivity index is 2.17. The second-order valence-electron chi connectivity index (χ2n) is 5.41. The minimum Gasteiger partial charge on any atom is -0.318 e. The number of hydrogen-bond donors (Lipinski definition) is 0. The van der Waals surface area contributed by atoms with E-state index in [2.05, 4.69) is 12.0 Å². The zero-order valence-electron chi connectivity index (χ0n) is 12.9. The number of aromatic nitrogens is 3. The van der Waals surface area contributed by atoms with Crippen LogP contribution in [0, 0.1) is 0 Å². The minimum absolute atomic E-state index is 0.0106. The summed E-state index contributed by atoms with van der Waals surface area (Å²) in [6.07, 6.45) is 6.83. The van der Waals surface area contributed by atoms with Crippen LogP contribution in [0.3, 0.4) is 0 Å². The average Bonchev–Trinajstić information content (AvgIpc) is 2.99. The van der Waals surface area contributed by atoms with Crippen LogP contribution in [0.15, 0.2) is 59.8 Å². The highest BCUT2D eigenvalue weighted by molar-refractivity contribution is 5.82. The van der Waals surface area contributed by atoms with Crippen molar-refractivity contribution in [1.29, 1.82) is 0 Å². The molecule has 0 saturated carbocycles. The molecular weight excluding hydrogens is 274 g/mol. The first-order chi connectivity index (χ1) is 10.7. The lowest BCUT2D eigenvalue weighted by atomic mass is 9.98. The van der Waals surface area contributed by atoms with Gasteiger partial charge < -0.3 is 4.57 Å². The number of rotatable bonds is 4. The van der Waals surface area contributed by atoms with E-state index in [0.717, 1.165) is 35.2 Å². The number of nitrogens with zero attached hydrogens (tertiary/aromatic N) is 3. The first kappa shape index (κ1) is 14.3. The van der Waals surface area contributed by atoms with Gasteiger partial charge in [0.25, 0.3) is 5.56 Å². The summed E-state index contributed by atoms with van der Waals surface area (Å²) in [7, 11) is 1.77. The monoisotopic (exact) mass is 293 g/mol. The summed E-state index contributed by atoms with van der Waals surface area (Å²) in [6, 6.07) is 11.7. The molecule has 0 radical (unpaired) electrons. The molecule has 22 heavy (non-hydrogen) atoms. The Bertz CT molecular complexity index is 831. The summed E-state index contributed by atoms with van der Waals surface area (Å²) in [5.74, 6) is 0. The second-order valence-corrected chi connectivity index (χ2v) is 5.41. The highest BCUT2D eigenvalue weighted by Gasteiger charge is 2.11. The standard InChI is InChI=1S/C18H19N3O/c1-3-9-21-12-15(11-19-21)17-13-20(2)18(22)10-16(17)14-7-5-4-6-8-14/h4-8,10-13H,3,9H2,1-2H3. The third-order valence-corrected chi connectivity index (χ3v) is 3.71. The summed E-state index contributed by atoms with van der Waals surface area (Å²) in [5.41, 5.74) is 4.03. The van der Waals surface area contributed by atoms with E-state index in [1.54, 1.807) is 17.7 Å². The van der Waals surface area contributed by atoms with Crippen LogP contribution >= 0.6 is 0 Å². The van der Waals surface area contributed by atoms with Gasteiger partial charge in [-0.15, -0.1) is 0 Å². The first-order valence-corrected chi connectivity index (χ1v) is 7.48. The van der Waals surface area contributed by atoms with Gasteiger partial charge in [0.1, 0.15) is 0 Å². The zero-order chi connectivity index (χ0) is 15.5. The smallest absolute Gasteiger partial charge is 0.250 e. The van der Waals surface area contributed by atoms with Gasteiger partial charge in [-0.05, 0) is 17.5 Å². The number of benzene rings is 1. The molecule has 0 N–H and O–H groups in total. The first-order valence-electron chi connectivity index (χ1n) is 7.48. The molecule has 2 aromatic heterocycles. The van der Waals surface area contributed by atoms with E-state index in [1.165, 1.54) is 0 Å². The number of aryl methyl sites for hydroxylation is 2. The fourth-order valence-corrected chi connectivity index (χ4v) is 2.57. The third kappa shape index (κ3) is 2.72. The number of pyridine rings is 1. The summed E-state index contributed by atoms with van der Waals surface area (Å²) in [6.45, 7) is 3.02. The Kier molecular flexibility index (Phi) is 3.92. The predicted octanol–water partition coefficient (Wildman–Crippen LogP) is 3.33. The molecule has 4 nitrogen and oxygen atoms in total. The third-order valence-electron chi connectivity index (χ3n) is 3.71. The van der Waals surface area contributed by atoms with Crippen molar-refractivity contribution in [2.45, 2.75) is 19.9 Å². The molecule has 1 aromatic carbocycles. The molecule has 0 unspecified atom stereocenters. The lowest BCUT2D eigenvalue weighted by Gasteiger charge is -2.10. The van der Waals surface area contributed by atoms with E-state index in [4.69, 9.17) is 0 Å². The molecule has 3 rings (SSSR count). The van der Waals surface area contributed by atoms with Crippen molar-refractivity contribution in [3.05, 3.63) is 65.3 Å². The average molecular weight is 293 g/mol. The lowest BCUT2D eigenvalue weighted by molar-refractivity contribution is 0.603. The molecule has 0 aliphatic carbocycles. The van der Waals surface area contributed by atoms with Crippen molar-refractivity contribution < 1.29 is 0 Å². The van der Waals surface area contributed by atoms with Crippen molar-refractivity contribution in [2.75, 3.05) is 0 Å². The molecule has 0 bridgehead atoms. The Morgan fingerprint density at radius 2 is 1.82 bits per heavy atom. The van der Waals surface area contributed by atoms with Gasteiger partial charge in [0.15, 0.2) is 0 Å². The molecule has 3 aromatic rings. The molecule has 2 heterocycles. The molecule has 0 aliphatic heterocycles. The van der Waals surface area contributed by atoms with Gasteiger partial charge >= 0.3 is 0 Å². The van der Waals surface area contributed by atoms with Gasteiger partial charge in [-0.3, -0.25) is 9.48 Å². The predicted molar refractivity (Wildman–Crippen MR) is 88.6 cm³/mol. The molecule has 0 saturated heterocycles.